The van der Waals surface area contributed by atoms with Crippen molar-refractivity contribution < 1.29 is 4.74 Å². The van der Waals surface area contributed by atoms with Crippen LogP contribution in [0.3, 0.4) is 0 Å². The first-order chi connectivity index (χ1) is 33.7. The molecule has 3 heterocycles. The minimum atomic E-state index is -0.754. The largest absolute Gasteiger partial charge is 0.457 e. The molecule has 7 nitrogen and oxygen atoms in total. The number of aromatic nitrogens is 6. The van der Waals surface area contributed by atoms with Gasteiger partial charge in [0.25, 0.3) is 0 Å². The molecule has 318 valence electrons. The first-order valence-corrected chi connectivity index (χ1v) is 22.7. The summed E-state index contributed by atoms with van der Waals surface area (Å²) in [5.74, 6) is 5.05. The number of nitrogens with zero attached hydrogens (tertiary/aromatic N) is 6. The molecule has 0 N–H and O–H groups in total. The Morgan fingerprint density at radius 3 is 1.22 bits per heavy atom. The van der Waals surface area contributed by atoms with Gasteiger partial charge in [-0.2, -0.15) is 0 Å². The molecule has 1 atom stereocenters. The molecule has 0 fully saturated rings. The van der Waals surface area contributed by atoms with Crippen LogP contribution in [0, 0.1) is 0 Å². The standard InChI is InChI=1S/C61H38N6O/c1-5-18-39(19-6-1)43-26-17-27-44(36-43)58-63-57(42-24-11-4-12-25-42)64-59(67-58)45-32-34-48-47-28-13-14-29-49(47)61(52(48)37-45)50-30-15-16-31-53(50)68-54-38-46(33-35-51(54)61)60-65-55(40-20-7-2-8-21-40)62-56(66-60)41-22-9-3-10-23-41/h1-38H. The summed E-state index contributed by atoms with van der Waals surface area (Å²) in [6, 6.07) is 79.2. The van der Waals surface area contributed by atoms with E-state index in [-0.39, 0.29) is 0 Å². The van der Waals surface area contributed by atoms with Crippen LogP contribution in [0.5, 0.6) is 11.5 Å². The monoisotopic (exact) mass is 870 g/mol. The summed E-state index contributed by atoms with van der Waals surface area (Å²) in [4.78, 5) is 30.7. The number of rotatable bonds is 7. The summed E-state index contributed by atoms with van der Waals surface area (Å²) in [5, 5.41) is 0. The van der Waals surface area contributed by atoms with E-state index >= 15 is 0 Å². The van der Waals surface area contributed by atoms with Crippen molar-refractivity contribution in [1.29, 1.82) is 0 Å². The van der Waals surface area contributed by atoms with E-state index in [2.05, 4.69) is 127 Å². The molecule has 0 saturated carbocycles. The molecule has 1 aliphatic carbocycles. The molecule has 13 rings (SSSR count). The molecule has 0 saturated heterocycles. The van der Waals surface area contributed by atoms with E-state index in [0.717, 1.165) is 83.8 Å². The van der Waals surface area contributed by atoms with Gasteiger partial charge in [0.2, 0.25) is 0 Å². The van der Waals surface area contributed by atoms with E-state index < -0.39 is 5.41 Å². The van der Waals surface area contributed by atoms with E-state index in [1.165, 1.54) is 5.56 Å². The highest BCUT2D eigenvalue weighted by molar-refractivity contribution is 5.90. The Kier molecular flexibility index (Phi) is 9.25. The van der Waals surface area contributed by atoms with Crippen LogP contribution < -0.4 is 4.74 Å². The molecule has 1 unspecified atom stereocenters. The molecule has 2 aliphatic rings. The van der Waals surface area contributed by atoms with Crippen LogP contribution in [0.2, 0.25) is 0 Å². The minimum absolute atomic E-state index is 0.556. The summed E-state index contributed by atoms with van der Waals surface area (Å²) >= 11 is 0. The predicted molar refractivity (Wildman–Crippen MR) is 269 cm³/mol. The van der Waals surface area contributed by atoms with E-state index in [0.29, 0.717) is 34.9 Å². The third-order valence-corrected chi connectivity index (χ3v) is 13.1. The zero-order valence-corrected chi connectivity index (χ0v) is 36.5. The fraction of sp³-hybridized carbons (Fsp3) is 0.0164. The van der Waals surface area contributed by atoms with Crippen molar-refractivity contribution >= 4 is 0 Å². The number of ether oxygens (including phenoxy) is 1. The highest BCUT2D eigenvalue weighted by Gasteiger charge is 2.51. The summed E-state index contributed by atoms with van der Waals surface area (Å²) in [7, 11) is 0. The Morgan fingerprint density at radius 2 is 0.632 bits per heavy atom. The lowest BCUT2D eigenvalue weighted by Gasteiger charge is -2.39. The molecule has 9 aromatic carbocycles. The van der Waals surface area contributed by atoms with Crippen molar-refractivity contribution in [1.82, 2.24) is 29.9 Å². The molecule has 11 aromatic rings. The minimum Gasteiger partial charge on any atom is -0.457 e. The van der Waals surface area contributed by atoms with Gasteiger partial charge in [-0.25, -0.2) is 29.9 Å². The average molecular weight is 871 g/mol. The Labute approximate surface area is 393 Å². The average Bonchev–Trinajstić information content (AvgIpc) is 3.71. The van der Waals surface area contributed by atoms with Gasteiger partial charge in [-0.3, -0.25) is 0 Å². The fourth-order valence-electron chi connectivity index (χ4n) is 9.94. The van der Waals surface area contributed by atoms with Crippen LogP contribution in [0.4, 0.5) is 0 Å². The first-order valence-electron chi connectivity index (χ1n) is 22.7. The van der Waals surface area contributed by atoms with Crippen molar-refractivity contribution in [3.8, 4) is 102 Å². The second-order valence-electron chi connectivity index (χ2n) is 17.0. The lowest BCUT2D eigenvalue weighted by molar-refractivity contribution is 0.436. The maximum atomic E-state index is 6.97. The molecular formula is C61H38N6O. The summed E-state index contributed by atoms with van der Waals surface area (Å²) < 4.78 is 6.97. The SMILES string of the molecule is c1ccc(-c2cccc(-c3nc(-c4ccccc4)nc(-c4ccc5c(c4)C4(c6ccccc6Oc6cc(-c7nc(-c8ccccc8)nc(-c8ccccc8)n7)ccc64)c4ccccc4-5)n3)c2)cc1. The van der Waals surface area contributed by atoms with Crippen molar-refractivity contribution in [3.05, 3.63) is 253 Å². The number of fused-ring (bicyclic) bond motifs is 9. The zero-order chi connectivity index (χ0) is 45.0. The summed E-state index contributed by atoms with van der Waals surface area (Å²) in [5.41, 5.74) is 13.5. The Morgan fingerprint density at radius 1 is 0.235 bits per heavy atom. The van der Waals surface area contributed by atoms with Gasteiger partial charge >= 0.3 is 0 Å². The van der Waals surface area contributed by atoms with Gasteiger partial charge in [0.15, 0.2) is 34.9 Å². The second-order valence-corrected chi connectivity index (χ2v) is 17.0. The van der Waals surface area contributed by atoms with Crippen molar-refractivity contribution in [2.24, 2.45) is 0 Å². The number of para-hydroxylation sites is 1. The third-order valence-electron chi connectivity index (χ3n) is 13.1. The lowest BCUT2D eigenvalue weighted by atomic mass is 9.66. The van der Waals surface area contributed by atoms with E-state index in [4.69, 9.17) is 34.6 Å². The molecule has 0 amide bonds. The van der Waals surface area contributed by atoms with Gasteiger partial charge in [0.1, 0.15) is 11.5 Å². The van der Waals surface area contributed by atoms with Gasteiger partial charge < -0.3 is 4.74 Å². The van der Waals surface area contributed by atoms with E-state index in [1.807, 2.05) is 103 Å². The number of hydrogen-bond acceptors (Lipinski definition) is 7. The molecule has 7 heteroatoms. The zero-order valence-electron chi connectivity index (χ0n) is 36.5. The van der Waals surface area contributed by atoms with Crippen LogP contribution in [0.25, 0.3) is 90.6 Å². The van der Waals surface area contributed by atoms with Gasteiger partial charge in [0.05, 0.1) is 5.41 Å². The van der Waals surface area contributed by atoms with E-state index in [9.17, 15) is 0 Å². The van der Waals surface area contributed by atoms with Crippen LogP contribution in [-0.4, -0.2) is 29.9 Å². The Bertz CT molecular complexity index is 3660. The third kappa shape index (κ3) is 6.51. The van der Waals surface area contributed by atoms with Crippen LogP contribution in [-0.2, 0) is 5.41 Å². The van der Waals surface area contributed by atoms with Crippen molar-refractivity contribution in [3.63, 3.8) is 0 Å². The molecular weight excluding hydrogens is 833 g/mol. The molecule has 0 bridgehead atoms. The maximum Gasteiger partial charge on any atom is 0.164 e. The topological polar surface area (TPSA) is 86.6 Å². The van der Waals surface area contributed by atoms with Crippen molar-refractivity contribution in [2.75, 3.05) is 0 Å². The van der Waals surface area contributed by atoms with Gasteiger partial charge in [-0.05, 0) is 57.6 Å². The van der Waals surface area contributed by atoms with Crippen LogP contribution >= 0.6 is 0 Å². The Hall–Kier alpha value is -9.20. The predicted octanol–water partition coefficient (Wildman–Crippen LogP) is 14.2. The molecule has 1 spiro atoms. The highest BCUT2D eigenvalue weighted by atomic mass is 16.5. The summed E-state index contributed by atoms with van der Waals surface area (Å²) in [6.07, 6.45) is 0. The Balaban J connectivity index is 1.00. The highest BCUT2D eigenvalue weighted by Crippen LogP contribution is 2.62. The van der Waals surface area contributed by atoms with Crippen LogP contribution in [0.1, 0.15) is 22.3 Å². The van der Waals surface area contributed by atoms with Gasteiger partial charge in [0, 0.05) is 44.5 Å². The van der Waals surface area contributed by atoms with E-state index in [1.54, 1.807) is 0 Å². The smallest absolute Gasteiger partial charge is 0.164 e. The normalized spacial score (nSPS) is 14.1. The number of benzene rings is 9. The second kappa shape index (κ2) is 16.0. The first kappa shape index (κ1) is 39.2. The van der Waals surface area contributed by atoms with Gasteiger partial charge in [-0.15, -0.1) is 0 Å². The quantitative estimate of drug-likeness (QED) is 0.158. The van der Waals surface area contributed by atoms with Gasteiger partial charge in [-0.1, -0.05) is 206 Å². The van der Waals surface area contributed by atoms with Crippen molar-refractivity contribution in [2.45, 2.75) is 5.41 Å². The maximum absolute atomic E-state index is 6.97. The molecule has 1 aliphatic heterocycles. The van der Waals surface area contributed by atoms with Crippen LogP contribution in [0.15, 0.2) is 231 Å². The lowest BCUT2D eigenvalue weighted by Crippen LogP contribution is -2.32. The molecule has 68 heavy (non-hydrogen) atoms. The fourth-order valence-corrected chi connectivity index (χ4v) is 9.94. The number of hydrogen-bond donors (Lipinski definition) is 0. The summed E-state index contributed by atoms with van der Waals surface area (Å²) in [6.45, 7) is 0. The molecule has 0 radical (unpaired) electrons. The molecule has 2 aromatic heterocycles.